The number of rotatable bonds is 2. The Kier molecular flexibility index (Phi) is 2.34. The van der Waals surface area contributed by atoms with Crippen LogP contribution in [0, 0.1) is 0 Å². The zero-order chi connectivity index (χ0) is 9.47. The van der Waals surface area contributed by atoms with Crippen LogP contribution in [0.5, 0.6) is 0 Å². The molecule has 2 rings (SSSR count). The van der Waals surface area contributed by atoms with Crippen LogP contribution in [0.15, 0.2) is 16.7 Å². The van der Waals surface area contributed by atoms with Crippen LogP contribution in [0.2, 0.25) is 5.15 Å². The van der Waals surface area contributed by atoms with Crippen LogP contribution in [0.1, 0.15) is 18.4 Å². The quantitative estimate of drug-likeness (QED) is 0.831. The van der Waals surface area contributed by atoms with E-state index in [1.807, 2.05) is 6.07 Å². The summed E-state index contributed by atoms with van der Waals surface area (Å²) in [7, 11) is 0. The van der Waals surface area contributed by atoms with Gasteiger partial charge in [0.25, 0.3) is 0 Å². The van der Waals surface area contributed by atoms with Crippen LogP contribution in [0.25, 0.3) is 0 Å². The molecular weight excluding hydrogens is 251 g/mol. The number of halogens is 2. The van der Waals surface area contributed by atoms with Gasteiger partial charge in [0.15, 0.2) is 0 Å². The maximum atomic E-state index is 6.00. The minimum atomic E-state index is -0.00782. The maximum absolute atomic E-state index is 6.00. The first kappa shape index (κ1) is 9.44. The molecule has 1 aliphatic rings. The third-order valence-corrected chi connectivity index (χ3v) is 3.09. The van der Waals surface area contributed by atoms with Gasteiger partial charge in [0.1, 0.15) is 5.15 Å². The van der Waals surface area contributed by atoms with Gasteiger partial charge in [0.2, 0.25) is 0 Å². The molecule has 2 N–H and O–H groups in total. The minimum absolute atomic E-state index is 0.00782. The van der Waals surface area contributed by atoms with Crippen LogP contribution in [-0.2, 0) is 6.42 Å². The highest BCUT2D eigenvalue weighted by atomic mass is 79.9. The Morgan fingerprint density at radius 1 is 1.62 bits per heavy atom. The average Bonchev–Trinajstić information content (AvgIpc) is 2.76. The molecule has 0 aromatic carbocycles. The molecule has 0 radical (unpaired) electrons. The first-order chi connectivity index (χ1) is 6.09. The molecule has 0 atom stereocenters. The summed E-state index contributed by atoms with van der Waals surface area (Å²) >= 11 is 9.30. The Labute approximate surface area is 90.6 Å². The predicted molar refractivity (Wildman–Crippen MR) is 56.8 cm³/mol. The number of nitrogens with two attached hydrogens (primary N) is 1. The normalized spacial score (nSPS) is 18.7. The highest BCUT2D eigenvalue weighted by Crippen LogP contribution is 2.37. The zero-order valence-corrected chi connectivity index (χ0v) is 9.40. The Morgan fingerprint density at radius 2 is 2.31 bits per heavy atom. The molecule has 0 saturated heterocycles. The van der Waals surface area contributed by atoms with Crippen molar-refractivity contribution >= 4 is 27.5 Å². The lowest BCUT2D eigenvalue weighted by Gasteiger charge is -2.09. The first-order valence-electron chi connectivity index (χ1n) is 4.18. The van der Waals surface area contributed by atoms with Crippen molar-refractivity contribution < 1.29 is 0 Å². The summed E-state index contributed by atoms with van der Waals surface area (Å²) in [5, 5.41) is 0.569. The molecule has 4 heteroatoms. The van der Waals surface area contributed by atoms with E-state index in [0.717, 1.165) is 29.3 Å². The summed E-state index contributed by atoms with van der Waals surface area (Å²) in [6.07, 6.45) is 4.71. The van der Waals surface area contributed by atoms with Gasteiger partial charge in [-0.1, -0.05) is 11.6 Å². The van der Waals surface area contributed by atoms with Gasteiger partial charge in [-0.05, 0) is 46.8 Å². The molecule has 0 bridgehead atoms. The standard InChI is InChI=1S/C9H10BrClN2/c10-7-3-6(8(11)13-5-7)4-9(12)1-2-9/h3,5H,1-2,4,12H2. The third kappa shape index (κ3) is 2.22. The van der Waals surface area contributed by atoms with E-state index in [1.54, 1.807) is 6.20 Å². The van der Waals surface area contributed by atoms with Gasteiger partial charge in [-0.15, -0.1) is 0 Å². The molecule has 1 fully saturated rings. The number of aromatic nitrogens is 1. The Hall–Kier alpha value is -0.120. The molecule has 0 aliphatic heterocycles. The van der Waals surface area contributed by atoms with E-state index in [4.69, 9.17) is 17.3 Å². The van der Waals surface area contributed by atoms with E-state index >= 15 is 0 Å². The van der Waals surface area contributed by atoms with Crippen molar-refractivity contribution in [2.45, 2.75) is 24.8 Å². The average molecular weight is 262 g/mol. The summed E-state index contributed by atoms with van der Waals surface area (Å²) in [5.41, 5.74) is 7.03. The molecule has 1 heterocycles. The van der Waals surface area contributed by atoms with E-state index in [9.17, 15) is 0 Å². The predicted octanol–water partition coefficient (Wildman–Crippen LogP) is 2.53. The summed E-state index contributed by atoms with van der Waals surface area (Å²) in [6.45, 7) is 0. The van der Waals surface area contributed by atoms with Crippen molar-refractivity contribution in [3.05, 3.63) is 27.5 Å². The Morgan fingerprint density at radius 3 is 2.92 bits per heavy atom. The van der Waals surface area contributed by atoms with Crippen molar-refractivity contribution in [3.8, 4) is 0 Å². The summed E-state index contributed by atoms with van der Waals surface area (Å²) < 4.78 is 0.955. The molecule has 1 aliphatic carbocycles. The number of hydrogen-bond donors (Lipinski definition) is 1. The first-order valence-corrected chi connectivity index (χ1v) is 5.35. The largest absolute Gasteiger partial charge is 0.325 e. The third-order valence-electron chi connectivity index (χ3n) is 2.31. The fourth-order valence-corrected chi connectivity index (χ4v) is 1.85. The van der Waals surface area contributed by atoms with Crippen molar-refractivity contribution in [3.63, 3.8) is 0 Å². The van der Waals surface area contributed by atoms with E-state index < -0.39 is 0 Å². The fourth-order valence-electron chi connectivity index (χ4n) is 1.31. The molecule has 1 aromatic rings. The molecule has 0 spiro atoms. The molecule has 0 amide bonds. The van der Waals surface area contributed by atoms with Crippen molar-refractivity contribution in [2.24, 2.45) is 5.73 Å². The zero-order valence-electron chi connectivity index (χ0n) is 7.06. The van der Waals surface area contributed by atoms with E-state index in [0.29, 0.717) is 5.15 Å². The van der Waals surface area contributed by atoms with Gasteiger partial charge < -0.3 is 5.73 Å². The number of nitrogens with zero attached hydrogens (tertiary/aromatic N) is 1. The molecule has 70 valence electrons. The van der Waals surface area contributed by atoms with Crippen LogP contribution in [0.3, 0.4) is 0 Å². The second-order valence-corrected chi connectivity index (χ2v) is 4.92. The van der Waals surface area contributed by atoms with Gasteiger partial charge in [-0.3, -0.25) is 0 Å². The van der Waals surface area contributed by atoms with Crippen molar-refractivity contribution in [2.75, 3.05) is 0 Å². The molecule has 13 heavy (non-hydrogen) atoms. The van der Waals surface area contributed by atoms with E-state index in [-0.39, 0.29) is 5.54 Å². The van der Waals surface area contributed by atoms with Crippen LogP contribution >= 0.6 is 27.5 Å². The van der Waals surface area contributed by atoms with Crippen molar-refractivity contribution in [1.82, 2.24) is 4.98 Å². The summed E-state index contributed by atoms with van der Waals surface area (Å²) in [6, 6.07) is 1.99. The minimum Gasteiger partial charge on any atom is -0.325 e. The second-order valence-electron chi connectivity index (χ2n) is 3.64. The number of hydrogen-bond acceptors (Lipinski definition) is 2. The van der Waals surface area contributed by atoms with Gasteiger partial charge >= 0.3 is 0 Å². The monoisotopic (exact) mass is 260 g/mol. The highest BCUT2D eigenvalue weighted by Gasteiger charge is 2.38. The van der Waals surface area contributed by atoms with Gasteiger partial charge in [-0.25, -0.2) is 4.98 Å². The van der Waals surface area contributed by atoms with Crippen LogP contribution in [0.4, 0.5) is 0 Å². The highest BCUT2D eigenvalue weighted by molar-refractivity contribution is 9.10. The summed E-state index contributed by atoms with van der Waals surface area (Å²) in [5.74, 6) is 0. The lowest BCUT2D eigenvalue weighted by atomic mass is 10.1. The smallest absolute Gasteiger partial charge is 0.132 e. The maximum Gasteiger partial charge on any atom is 0.132 e. The van der Waals surface area contributed by atoms with Crippen LogP contribution in [-0.4, -0.2) is 10.5 Å². The SMILES string of the molecule is NC1(Cc2cc(Br)cnc2Cl)CC1. The number of pyridine rings is 1. The topological polar surface area (TPSA) is 38.9 Å². The Balaban J connectivity index is 2.23. The molecule has 1 saturated carbocycles. The van der Waals surface area contributed by atoms with Gasteiger partial charge in [-0.2, -0.15) is 0 Å². The summed E-state index contributed by atoms with van der Waals surface area (Å²) in [4.78, 5) is 4.05. The fraction of sp³-hybridized carbons (Fsp3) is 0.444. The molecule has 2 nitrogen and oxygen atoms in total. The van der Waals surface area contributed by atoms with E-state index in [1.165, 1.54) is 0 Å². The second kappa shape index (κ2) is 3.23. The van der Waals surface area contributed by atoms with Crippen LogP contribution < -0.4 is 5.73 Å². The molecule has 1 aromatic heterocycles. The lowest BCUT2D eigenvalue weighted by molar-refractivity contribution is 0.670. The van der Waals surface area contributed by atoms with E-state index in [2.05, 4.69) is 20.9 Å². The lowest BCUT2D eigenvalue weighted by Crippen LogP contribution is -2.24. The van der Waals surface area contributed by atoms with Gasteiger partial charge in [0.05, 0.1) is 0 Å². The van der Waals surface area contributed by atoms with Crippen molar-refractivity contribution in [1.29, 1.82) is 0 Å². The molecule has 0 unspecified atom stereocenters. The van der Waals surface area contributed by atoms with Gasteiger partial charge in [0, 0.05) is 16.2 Å². The molecular formula is C9H10BrClN2. The Bertz CT molecular complexity index is 336.